The maximum absolute atomic E-state index is 11.4. The zero-order valence-corrected chi connectivity index (χ0v) is 6.91. The number of aromatic nitrogens is 2. The summed E-state index contributed by atoms with van der Waals surface area (Å²) in [4.78, 5) is 21.8. The van der Waals surface area contributed by atoms with Crippen LogP contribution in [0.4, 0.5) is 0 Å². The van der Waals surface area contributed by atoms with Gasteiger partial charge in [0, 0.05) is 12.2 Å². The van der Waals surface area contributed by atoms with Crippen molar-refractivity contribution in [2.45, 2.75) is 18.9 Å². The quantitative estimate of drug-likeness (QED) is 0.647. The first kappa shape index (κ1) is 7.97. The van der Waals surface area contributed by atoms with Gasteiger partial charge < -0.3 is 5.32 Å². The highest BCUT2D eigenvalue weighted by Crippen LogP contribution is 2.19. The fourth-order valence-electron chi connectivity index (χ4n) is 1.06. The van der Waals surface area contributed by atoms with E-state index in [4.69, 9.17) is 0 Å². The minimum absolute atomic E-state index is 0.165. The molecule has 2 N–H and O–H groups in total. The summed E-state index contributed by atoms with van der Waals surface area (Å²) in [5, 5.41) is 8.88. The normalized spacial score (nSPS) is 15.4. The van der Waals surface area contributed by atoms with E-state index < -0.39 is 0 Å². The number of aromatic amines is 1. The summed E-state index contributed by atoms with van der Waals surface area (Å²) in [7, 11) is 0. The van der Waals surface area contributed by atoms with E-state index in [1.54, 1.807) is 0 Å². The Morgan fingerprint density at radius 2 is 2.46 bits per heavy atom. The summed E-state index contributed by atoms with van der Waals surface area (Å²) in [5.74, 6) is -0.224. The molecule has 2 rings (SSSR count). The predicted octanol–water partition coefficient (Wildman–Crippen LogP) is 0.114. The molecule has 0 bridgehead atoms. The van der Waals surface area contributed by atoms with Gasteiger partial charge in [0.25, 0.3) is 5.91 Å². The van der Waals surface area contributed by atoms with Gasteiger partial charge in [0.05, 0.1) is 5.56 Å². The van der Waals surface area contributed by atoms with Gasteiger partial charge in [0.15, 0.2) is 6.29 Å². The molecule has 1 aliphatic carbocycles. The predicted molar refractivity (Wildman–Crippen MR) is 44.5 cm³/mol. The van der Waals surface area contributed by atoms with Crippen LogP contribution in [0.25, 0.3) is 0 Å². The lowest BCUT2D eigenvalue weighted by molar-refractivity contribution is 0.0945. The number of carbonyl (C=O) groups excluding carboxylic acids is 2. The third-order valence-corrected chi connectivity index (χ3v) is 1.94. The lowest BCUT2D eigenvalue weighted by atomic mass is 10.2. The van der Waals surface area contributed by atoms with Crippen LogP contribution in [-0.4, -0.2) is 28.4 Å². The van der Waals surface area contributed by atoms with Crippen LogP contribution in [0.3, 0.4) is 0 Å². The van der Waals surface area contributed by atoms with Gasteiger partial charge in [-0.25, -0.2) is 0 Å². The molecule has 0 aliphatic heterocycles. The van der Waals surface area contributed by atoms with E-state index in [-0.39, 0.29) is 11.6 Å². The molecular weight excluding hydrogens is 170 g/mol. The van der Waals surface area contributed by atoms with Crippen molar-refractivity contribution in [3.05, 3.63) is 17.5 Å². The molecule has 1 amide bonds. The minimum atomic E-state index is -0.224. The van der Waals surface area contributed by atoms with Crippen molar-refractivity contribution in [2.24, 2.45) is 0 Å². The van der Waals surface area contributed by atoms with E-state index in [2.05, 4.69) is 15.5 Å². The molecule has 1 aromatic heterocycles. The molecule has 1 aliphatic rings. The van der Waals surface area contributed by atoms with Crippen LogP contribution in [-0.2, 0) is 0 Å². The molecule has 1 aromatic rings. The monoisotopic (exact) mass is 179 g/mol. The molecule has 1 fully saturated rings. The van der Waals surface area contributed by atoms with E-state index in [0.29, 0.717) is 17.9 Å². The van der Waals surface area contributed by atoms with E-state index >= 15 is 0 Å². The molecule has 5 heteroatoms. The Morgan fingerprint density at radius 1 is 1.69 bits per heavy atom. The van der Waals surface area contributed by atoms with Crippen LogP contribution < -0.4 is 5.32 Å². The lowest BCUT2D eigenvalue weighted by Crippen LogP contribution is -2.25. The van der Waals surface area contributed by atoms with Crippen LogP contribution >= 0.6 is 0 Å². The zero-order chi connectivity index (χ0) is 9.26. The Morgan fingerprint density at radius 3 is 3.08 bits per heavy atom. The molecule has 5 nitrogen and oxygen atoms in total. The minimum Gasteiger partial charge on any atom is -0.349 e. The average molecular weight is 179 g/mol. The van der Waals surface area contributed by atoms with Crippen molar-refractivity contribution >= 4 is 12.2 Å². The van der Waals surface area contributed by atoms with Crippen molar-refractivity contribution in [1.82, 2.24) is 15.5 Å². The number of nitrogens with zero attached hydrogens (tertiary/aromatic N) is 1. The molecule has 0 unspecified atom stereocenters. The fourth-order valence-corrected chi connectivity index (χ4v) is 1.06. The van der Waals surface area contributed by atoms with Crippen LogP contribution in [0.1, 0.15) is 33.7 Å². The number of H-pyrrole nitrogens is 1. The summed E-state index contributed by atoms with van der Waals surface area (Å²) in [6, 6.07) is 0.293. The van der Waals surface area contributed by atoms with Crippen molar-refractivity contribution in [3.8, 4) is 0 Å². The van der Waals surface area contributed by atoms with Gasteiger partial charge in [0.1, 0.15) is 5.69 Å². The molecule has 0 radical (unpaired) electrons. The van der Waals surface area contributed by atoms with Gasteiger partial charge in [-0.2, -0.15) is 5.10 Å². The first-order valence-corrected chi connectivity index (χ1v) is 4.11. The molecule has 1 saturated carbocycles. The number of rotatable bonds is 3. The van der Waals surface area contributed by atoms with Gasteiger partial charge >= 0.3 is 0 Å². The third kappa shape index (κ3) is 1.58. The molecular formula is C8H9N3O2. The smallest absolute Gasteiger partial charge is 0.255 e. The standard InChI is InChI=1S/C8H9N3O2/c12-4-7-6(3-9-11-7)8(13)10-5-1-2-5/h3-5H,1-2H2,(H,9,11)(H,10,13). The molecule has 13 heavy (non-hydrogen) atoms. The van der Waals surface area contributed by atoms with Crippen LogP contribution in [0.15, 0.2) is 6.20 Å². The number of carbonyl (C=O) groups is 2. The summed E-state index contributed by atoms with van der Waals surface area (Å²) in [6.45, 7) is 0. The second-order valence-corrected chi connectivity index (χ2v) is 3.05. The van der Waals surface area contributed by atoms with Crippen LogP contribution in [0.5, 0.6) is 0 Å². The van der Waals surface area contributed by atoms with Crippen LogP contribution in [0.2, 0.25) is 0 Å². The van der Waals surface area contributed by atoms with E-state index in [1.165, 1.54) is 6.20 Å². The maximum atomic E-state index is 11.4. The highest BCUT2D eigenvalue weighted by Gasteiger charge is 2.25. The summed E-state index contributed by atoms with van der Waals surface area (Å²) in [6.07, 6.45) is 4.06. The molecule has 68 valence electrons. The number of nitrogens with one attached hydrogen (secondary N) is 2. The highest BCUT2D eigenvalue weighted by molar-refractivity contribution is 6.00. The van der Waals surface area contributed by atoms with E-state index in [0.717, 1.165) is 12.8 Å². The fraction of sp³-hybridized carbons (Fsp3) is 0.375. The van der Waals surface area contributed by atoms with Gasteiger partial charge in [0.2, 0.25) is 0 Å². The molecule has 0 aromatic carbocycles. The second kappa shape index (κ2) is 3.01. The second-order valence-electron chi connectivity index (χ2n) is 3.05. The maximum Gasteiger partial charge on any atom is 0.255 e. The Hall–Kier alpha value is -1.65. The van der Waals surface area contributed by atoms with Crippen molar-refractivity contribution in [3.63, 3.8) is 0 Å². The van der Waals surface area contributed by atoms with Crippen LogP contribution in [0, 0.1) is 0 Å². The Labute approximate surface area is 74.5 Å². The Balaban J connectivity index is 2.13. The van der Waals surface area contributed by atoms with E-state index in [9.17, 15) is 9.59 Å². The molecule has 1 heterocycles. The van der Waals surface area contributed by atoms with E-state index in [1.807, 2.05) is 0 Å². The lowest BCUT2D eigenvalue weighted by Gasteiger charge is -1.99. The van der Waals surface area contributed by atoms with Gasteiger partial charge in [-0.3, -0.25) is 14.7 Å². The third-order valence-electron chi connectivity index (χ3n) is 1.94. The van der Waals surface area contributed by atoms with Crippen molar-refractivity contribution in [1.29, 1.82) is 0 Å². The summed E-state index contributed by atoms with van der Waals surface area (Å²) in [5.41, 5.74) is 0.486. The average Bonchev–Trinajstić information content (AvgIpc) is 2.82. The number of hydrogen-bond acceptors (Lipinski definition) is 3. The molecule has 0 saturated heterocycles. The largest absolute Gasteiger partial charge is 0.349 e. The van der Waals surface area contributed by atoms with Gasteiger partial charge in [-0.15, -0.1) is 0 Å². The first-order chi connectivity index (χ1) is 6.31. The van der Waals surface area contributed by atoms with Crippen molar-refractivity contribution < 1.29 is 9.59 Å². The van der Waals surface area contributed by atoms with Gasteiger partial charge in [-0.1, -0.05) is 0 Å². The number of hydrogen-bond donors (Lipinski definition) is 2. The Bertz CT molecular complexity index is 341. The van der Waals surface area contributed by atoms with Gasteiger partial charge in [-0.05, 0) is 12.8 Å². The molecule has 0 atom stereocenters. The summed E-state index contributed by atoms with van der Waals surface area (Å²) < 4.78 is 0. The summed E-state index contributed by atoms with van der Waals surface area (Å²) >= 11 is 0. The van der Waals surface area contributed by atoms with Crippen molar-refractivity contribution in [2.75, 3.05) is 0 Å². The number of amides is 1. The molecule has 0 spiro atoms. The topological polar surface area (TPSA) is 74.8 Å². The SMILES string of the molecule is O=Cc1n[nH]cc1C(=O)NC1CC1. The number of aldehydes is 1. The zero-order valence-electron chi connectivity index (χ0n) is 6.91. The first-order valence-electron chi connectivity index (χ1n) is 4.11. The highest BCUT2D eigenvalue weighted by atomic mass is 16.2. The Kier molecular flexibility index (Phi) is 1.84.